The maximum absolute atomic E-state index is 13.3. The van der Waals surface area contributed by atoms with Crippen molar-refractivity contribution >= 4 is 23.6 Å². The molecular formula is C27H33N3O4. The minimum Gasteiger partial charge on any atom is -0.354 e. The van der Waals surface area contributed by atoms with E-state index in [1.807, 2.05) is 51.1 Å². The predicted molar refractivity (Wildman–Crippen MR) is 130 cm³/mol. The minimum absolute atomic E-state index is 0.133. The van der Waals surface area contributed by atoms with Crippen LogP contribution >= 0.6 is 0 Å². The monoisotopic (exact) mass is 463 g/mol. The Morgan fingerprint density at radius 2 is 1.53 bits per heavy atom. The number of benzene rings is 2. The average Bonchev–Trinajstić information content (AvgIpc) is 3.08. The predicted octanol–water partition coefficient (Wildman–Crippen LogP) is 3.64. The van der Waals surface area contributed by atoms with Gasteiger partial charge in [0, 0.05) is 26.1 Å². The summed E-state index contributed by atoms with van der Waals surface area (Å²) in [6, 6.07) is 15.7. The van der Waals surface area contributed by atoms with Crippen molar-refractivity contribution in [2.45, 2.75) is 52.6 Å². The molecule has 7 heteroatoms. The van der Waals surface area contributed by atoms with Gasteiger partial charge in [-0.1, -0.05) is 63.2 Å². The van der Waals surface area contributed by atoms with E-state index in [9.17, 15) is 19.2 Å². The van der Waals surface area contributed by atoms with Crippen LogP contribution in [0.1, 0.15) is 66.3 Å². The molecule has 0 unspecified atom stereocenters. The van der Waals surface area contributed by atoms with Gasteiger partial charge in [-0.15, -0.1) is 0 Å². The van der Waals surface area contributed by atoms with Crippen molar-refractivity contribution in [2.75, 3.05) is 13.1 Å². The van der Waals surface area contributed by atoms with Crippen LogP contribution in [0, 0.1) is 5.92 Å². The van der Waals surface area contributed by atoms with Crippen LogP contribution in [0.3, 0.4) is 0 Å². The number of fused-ring (bicyclic) bond motifs is 1. The van der Waals surface area contributed by atoms with Crippen molar-refractivity contribution in [3.05, 3.63) is 71.3 Å². The standard InChI is InChI=1S/C27H33N3O4/c1-4-23(25(32)28-17-19(2)3)30(18-20-11-6-5-7-12-20)24(31)15-10-16-29-26(33)21-13-8-9-14-22(21)27(29)34/h5-9,11-14,19,23H,4,10,15-18H2,1-3H3,(H,28,32)/t23-/m1/s1. The summed E-state index contributed by atoms with van der Waals surface area (Å²) in [4.78, 5) is 54.2. The number of hydrogen-bond donors (Lipinski definition) is 1. The van der Waals surface area contributed by atoms with Gasteiger partial charge in [0.1, 0.15) is 6.04 Å². The molecule has 7 nitrogen and oxygen atoms in total. The van der Waals surface area contributed by atoms with E-state index in [4.69, 9.17) is 0 Å². The van der Waals surface area contributed by atoms with Gasteiger partial charge in [-0.05, 0) is 36.5 Å². The number of carbonyl (C=O) groups excluding carboxylic acids is 4. The van der Waals surface area contributed by atoms with Gasteiger partial charge < -0.3 is 10.2 Å². The first-order valence-electron chi connectivity index (χ1n) is 11.9. The fourth-order valence-corrected chi connectivity index (χ4v) is 4.10. The summed E-state index contributed by atoms with van der Waals surface area (Å²) in [6.45, 7) is 6.96. The molecule has 4 amide bonds. The van der Waals surface area contributed by atoms with Crippen LogP contribution < -0.4 is 5.32 Å². The zero-order valence-corrected chi connectivity index (χ0v) is 20.1. The fourth-order valence-electron chi connectivity index (χ4n) is 4.10. The molecule has 3 rings (SSSR count). The second-order valence-electron chi connectivity index (χ2n) is 8.98. The van der Waals surface area contributed by atoms with Gasteiger partial charge in [-0.25, -0.2) is 0 Å². The van der Waals surface area contributed by atoms with Crippen molar-refractivity contribution < 1.29 is 19.2 Å². The van der Waals surface area contributed by atoms with Crippen LogP contribution in [0.5, 0.6) is 0 Å². The number of carbonyl (C=O) groups is 4. The van der Waals surface area contributed by atoms with Crippen LogP contribution in [0.15, 0.2) is 54.6 Å². The summed E-state index contributed by atoms with van der Waals surface area (Å²) < 4.78 is 0. The van der Waals surface area contributed by atoms with Crippen LogP contribution in [0.4, 0.5) is 0 Å². The van der Waals surface area contributed by atoms with E-state index in [1.165, 1.54) is 4.90 Å². The maximum atomic E-state index is 13.3. The van der Waals surface area contributed by atoms with Gasteiger partial charge in [-0.2, -0.15) is 0 Å². The minimum atomic E-state index is -0.592. The molecule has 2 aromatic rings. The van der Waals surface area contributed by atoms with Gasteiger partial charge in [-0.3, -0.25) is 24.1 Å². The summed E-state index contributed by atoms with van der Waals surface area (Å²) in [7, 11) is 0. The van der Waals surface area contributed by atoms with Crippen molar-refractivity contribution in [1.82, 2.24) is 15.1 Å². The van der Waals surface area contributed by atoms with E-state index in [1.54, 1.807) is 29.2 Å². The second-order valence-corrected chi connectivity index (χ2v) is 8.98. The van der Waals surface area contributed by atoms with Crippen molar-refractivity contribution in [3.8, 4) is 0 Å². The van der Waals surface area contributed by atoms with E-state index in [2.05, 4.69) is 5.32 Å². The topological polar surface area (TPSA) is 86.8 Å². The molecule has 1 atom stereocenters. The Labute approximate surface area is 201 Å². The third-order valence-corrected chi connectivity index (χ3v) is 5.92. The quantitative estimate of drug-likeness (QED) is 0.516. The van der Waals surface area contributed by atoms with Crippen molar-refractivity contribution in [1.29, 1.82) is 0 Å². The second kappa shape index (κ2) is 11.6. The molecule has 0 aromatic heterocycles. The molecule has 0 bridgehead atoms. The van der Waals surface area contributed by atoms with Crippen LogP contribution in [-0.4, -0.2) is 52.6 Å². The number of imide groups is 1. The summed E-state index contributed by atoms with van der Waals surface area (Å²) in [5, 5.41) is 2.95. The average molecular weight is 464 g/mol. The summed E-state index contributed by atoms with van der Waals surface area (Å²) >= 11 is 0. The van der Waals surface area contributed by atoms with Crippen LogP contribution in [-0.2, 0) is 16.1 Å². The molecule has 1 heterocycles. The fraction of sp³-hybridized carbons (Fsp3) is 0.407. The Morgan fingerprint density at radius 3 is 2.09 bits per heavy atom. The molecular weight excluding hydrogens is 430 g/mol. The van der Waals surface area contributed by atoms with E-state index < -0.39 is 6.04 Å². The molecule has 1 aliphatic rings. The number of nitrogens with one attached hydrogen (secondary N) is 1. The summed E-state index contributed by atoms with van der Waals surface area (Å²) in [6.07, 6.45) is 0.953. The highest BCUT2D eigenvalue weighted by molar-refractivity contribution is 6.21. The highest BCUT2D eigenvalue weighted by atomic mass is 16.2. The lowest BCUT2D eigenvalue weighted by Crippen LogP contribution is -2.49. The molecule has 34 heavy (non-hydrogen) atoms. The molecule has 0 radical (unpaired) electrons. The number of rotatable bonds is 11. The summed E-state index contributed by atoms with van der Waals surface area (Å²) in [5.74, 6) is -0.686. The highest BCUT2D eigenvalue weighted by Gasteiger charge is 2.35. The van der Waals surface area contributed by atoms with Gasteiger partial charge >= 0.3 is 0 Å². The molecule has 0 saturated carbocycles. The lowest BCUT2D eigenvalue weighted by atomic mass is 10.1. The van der Waals surface area contributed by atoms with Gasteiger partial charge in [0.2, 0.25) is 11.8 Å². The SMILES string of the molecule is CC[C@H](C(=O)NCC(C)C)N(Cc1ccccc1)C(=O)CCCN1C(=O)c2ccccc2C1=O. The lowest BCUT2D eigenvalue weighted by molar-refractivity contribution is -0.141. The third-order valence-electron chi connectivity index (χ3n) is 5.92. The van der Waals surface area contributed by atoms with E-state index in [0.29, 0.717) is 43.0 Å². The third kappa shape index (κ3) is 5.90. The van der Waals surface area contributed by atoms with Gasteiger partial charge in [0.05, 0.1) is 11.1 Å². The molecule has 1 aliphatic heterocycles. The van der Waals surface area contributed by atoms with E-state index >= 15 is 0 Å². The van der Waals surface area contributed by atoms with Gasteiger partial charge in [0.25, 0.3) is 11.8 Å². The Bertz CT molecular complexity index is 1000. The first kappa shape index (κ1) is 25.1. The maximum Gasteiger partial charge on any atom is 0.261 e. The van der Waals surface area contributed by atoms with Crippen LogP contribution in [0.2, 0.25) is 0 Å². The zero-order valence-electron chi connectivity index (χ0n) is 20.1. The number of amides is 4. The molecule has 180 valence electrons. The van der Waals surface area contributed by atoms with E-state index in [0.717, 1.165) is 5.56 Å². The van der Waals surface area contributed by atoms with Crippen LogP contribution in [0.25, 0.3) is 0 Å². The lowest BCUT2D eigenvalue weighted by Gasteiger charge is -2.31. The zero-order chi connectivity index (χ0) is 24.7. The number of nitrogens with zero attached hydrogens (tertiary/aromatic N) is 2. The molecule has 0 saturated heterocycles. The Hall–Kier alpha value is -3.48. The van der Waals surface area contributed by atoms with E-state index in [-0.39, 0.29) is 36.6 Å². The molecule has 0 aliphatic carbocycles. The molecule has 1 N–H and O–H groups in total. The van der Waals surface area contributed by atoms with Crippen molar-refractivity contribution in [2.24, 2.45) is 5.92 Å². The first-order valence-corrected chi connectivity index (χ1v) is 11.9. The highest BCUT2D eigenvalue weighted by Crippen LogP contribution is 2.23. The van der Waals surface area contributed by atoms with Gasteiger partial charge in [0.15, 0.2) is 0 Å². The normalized spacial score (nSPS) is 13.7. The molecule has 0 spiro atoms. The largest absolute Gasteiger partial charge is 0.354 e. The first-order chi connectivity index (χ1) is 16.3. The summed E-state index contributed by atoms with van der Waals surface area (Å²) in [5.41, 5.74) is 1.74. The number of hydrogen-bond acceptors (Lipinski definition) is 4. The Kier molecular flexibility index (Phi) is 8.57. The molecule has 0 fully saturated rings. The smallest absolute Gasteiger partial charge is 0.261 e. The van der Waals surface area contributed by atoms with Crippen molar-refractivity contribution in [3.63, 3.8) is 0 Å². The Balaban J connectivity index is 1.68. The molecule has 2 aromatic carbocycles. The Morgan fingerprint density at radius 1 is 0.941 bits per heavy atom.